The van der Waals surface area contributed by atoms with Crippen LogP contribution in [-0.4, -0.2) is 15.0 Å². The smallest absolute Gasteiger partial charge is 0.165 e. The van der Waals surface area contributed by atoms with Crippen LogP contribution in [0.2, 0.25) is 5.02 Å². The highest BCUT2D eigenvalue weighted by Gasteiger charge is 2.19. The average Bonchev–Trinajstić information content (AvgIpc) is 3.37. The maximum Gasteiger partial charge on any atom is 0.165 e. The van der Waals surface area contributed by atoms with E-state index in [1.807, 2.05) is 60.7 Å². The predicted molar refractivity (Wildman–Crippen MR) is 159 cm³/mol. The summed E-state index contributed by atoms with van der Waals surface area (Å²) in [5.41, 5.74) is 5.17. The van der Waals surface area contributed by atoms with Crippen LogP contribution in [0.15, 0.2) is 121 Å². The van der Waals surface area contributed by atoms with E-state index in [4.69, 9.17) is 26.6 Å². The van der Waals surface area contributed by atoms with Crippen LogP contribution < -0.4 is 0 Å². The van der Waals surface area contributed by atoms with E-state index in [9.17, 15) is 0 Å². The molecule has 0 saturated carbocycles. The monoisotopic (exact) mass is 525 g/mol. The van der Waals surface area contributed by atoms with Gasteiger partial charge in [0.05, 0.1) is 0 Å². The Hall–Kier alpha value is -4.38. The Kier molecular flexibility index (Phi) is 5.69. The molecule has 0 spiro atoms. The van der Waals surface area contributed by atoms with Crippen LogP contribution in [0.4, 0.5) is 0 Å². The largest absolute Gasteiger partial charge is 0.208 e. The van der Waals surface area contributed by atoms with Crippen LogP contribution in [0.5, 0.6) is 0 Å². The molecule has 5 heteroatoms. The number of benzene rings is 5. The van der Waals surface area contributed by atoms with Crippen LogP contribution >= 0.6 is 22.9 Å². The lowest BCUT2D eigenvalue weighted by Crippen LogP contribution is -2.00. The van der Waals surface area contributed by atoms with Crippen molar-refractivity contribution in [3.8, 4) is 45.3 Å². The summed E-state index contributed by atoms with van der Waals surface area (Å²) in [6, 6.07) is 41.1. The zero-order chi connectivity index (χ0) is 25.5. The van der Waals surface area contributed by atoms with Gasteiger partial charge in [0, 0.05) is 41.9 Å². The van der Waals surface area contributed by atoms with E-state index in [1.165, 1.54) is 26.6 Å². The molecule has 0 bridgehead atoms. The number of thiophene rings is 1. The molecular weight excluding hydrogens is 506 g/mol. The number of halogens is 1. The number of nitrogens with zero attached hydrogens (tertiary/aromatic N) is 3. The molecule has 180 valence electrons. The molecule has 7 rings (SSSR count). The minimum atomic E-state index is 0.595. The average molecular weight is 526 g/mol. The second kappa shape index (κ2) is 9.49. The van der Waals surface area contributed by atoms with Crippen LogP contribution in [0, 0.1) is 0 Å². The molecule has 0 saturated heterocycles. The first kappa shape index (κ1) is 22.8. The van der Waals surface area contributed by atoms with Crippen LogP contribution in [0.25, 0.3) is 65.5 Å². The van der Waals surface area contributed by atoms with Crippen molar-refractivity contribution in [3.63, 3.8) is 0 Å². The van der Waals surface area contributed by atoms with E-state index >= 15 is 0 Å². The summed E-state index contributed by atoms with van der Waals surface area (Å²) in [4.78, 5) is 14.8. The number of aromatic nitrogens is 3. The molecule has 0 unspecified atom stereocenters. The van der Waals surface area contributed by atoms with Crippen LogP contribution in [0.3, 0.4) is 0 Å². The summed E-state index contributed by atoms with van der Waals surface area (Å²) in [5, 5.41) is 3.10. The maximum atomic E-state index is 6.34. The third-order valence-corrected chi connectivity index (χ3v) is 8.04. The summed E-state index contributed by atoms with van der Waals surface area (Å²) in [6.07, 6.45) is 0. The lowest BCUT2D eigenvalue weighted by Gasteiger charge is -2.11. The molecule has 5 aromatic carbocycles. The fraction of sp³-hybridized carbons (Fsp3) is 0. The highest BCUT2D eigenvalue weighted by atomic mass is 35.5. The van der Waals surface area contributed by atoms with Crippen molar-refractivity contribution in [1.82, 2.24) is 15.0 Å². The van der Waals surface area contributed by atoms with Gasteiger partial charge in [0.1, 0.15) is 0 Å². The molecule has 0 amide bonds. The molecule has 0 aliphatic carbocycles. The zero-order valence-corrected chi connectivity index (χ0v) is 21.7. The minimum absolute atomic E-state index is 0.595. The van der Waals surface area contributed by atoms with Gasteiger partial charge in [-0.2, -0.15) is 0 Å². The highest BCUT2D eigenvalue weighted by Crippen LogP contribution is 2.44. The van der Waals surface area contributed by atoms with Crippen LogP contribution in [-0.2, 0) is 0 Å². The van der Waals surface area contributed by atoms with Gasteiger partial charge in [-0.15, -0.1) is 11.3 Å². The van der Waals surface area contributed by atoms with E-state index in [-0.39, 0.29) is 0 Å². The van der Waals surface area contributed by atoms with Crippen molar-refractivity contribution < 1.29 is 0 Å². The van der Waals surface area contributed by atoms with E-state index in [1.54, 1.807) is 11.3 Å². The zero-order valence-electron chi connectivity index (χ0n) is 20.2. The first-order chi connectivity index (χ1) is 18.7. The summed E-state index contributed by atoms with van der Waals surface area (Å²) in [6.45, 7) is 0. The summed E-state index contributed by atoms with van der Waals surface area (Å²) < 4.78 is 2.40. The SMILES string of the molecule is Clc1cccc(-c2nc(-c3ccccc3)nc(-c3ccc(-c4ccccc4)c4c3sc3ccccc34)n2)c1. The Morgan fingerprint density at radius 1 is 0.500 bits per heavy atom. The lowest BCUT2D eigenvalue weighted by atomic mass is 9.97. The van der Waals surface area contributed by atoms with Crippen molar-refractivity contribution in [1.29, 1.82) is 0 Å². The standard InChI is InChI=1S/C33H20ClN3S/c34-24-15-9-14-23(20-24)32-35-31(22-12-5-2-6-13-22)36-33(37-32)27-19-18-25(21-10-3-1-4-11-21)29-26-16-7-8-17-28(26)38-30(27)29/h1-20H. The van der Waals surface area contributed by atoms with Crippen molar-refractivity contribution in [2.45, 2.75) is 0 Å². The Balaban J connectivity index is 1.53. The Morgan fingerprint density at radius 3 is 1.87 bits per heavy atom. The van der Waals surface area contributed by atoms with Gasteiger partial charge in [0.15, 0.2) is 17.5 Å². The Labute approximate surface area is 229 Å². The highest BCUT2D eigenvalue weighted by molar-refractivity contribution is 7.26. The normalized spacial score (nSPS) is 11.3. The van der Waals surface area contributed by atoms with E-state index < -0.39 is 0 Å². The molecule has 7 aromatic rings. The fourth-order valence-corrected chi connectivity index (χ4v) is 6.26. The van der Waals surface area contributed by atoms with Gasteiger partial charge in [0.25, 0.3) is 0 Å². The number of rotatable bonds is 4. The fourth-order valence-electron chi connectivity index (χ4n) is 4.83. The molecule has 2 heterocycles. The molecule has 2 aromatic heterocycles. The molecule has 0 aliphatic rings. The maximum absolute atomic E-state index is 6.34. The number of fused-ring (bicyclic) bond motifs is 3. The van der Waals surface area contributed by atoms with Gasteiger partial charge < -0.3 is 0 Å². The van der Waals surface area contributed by atoms with Gasteiger partial charge in [0.2, 0.25) is 0 Å². The number of hydrogen-bond donors (Lipinski definition) is 0. The van der Waals surface area contributed by atoms with E-state index in [0.717, 1.165) is 21.4 Å². The summed E-state index contributed by atoms with van der Waals surface area (Å²) >= 11 is 8.11. The molecule has 38 heavy (non-hydrogen) atoms. The first-order valence-electron chi connectivity index (χ1n) is 12.3. The first-order valence-corrected chi connectivity index (χ1v) is 13.5. The summed E-state index contributed by atoms with van der Waals surface area (Å²) in [5.74, 6) is 1.87. The molecular formula is C33H20ClN3S. The van der Waals surface area contributed by atoms with Gasteiger partial charge in [-0.1, -0.05) is 109 Å². The molecule has 0 fully saturated rings. The van der Waals surface area contributed by atoms with Crippen molar-refractivity contribution in [2.75, 3.05) is 0 Å². The topological polar surface area (TPSA) is 38.7 Å². The minimum Gasteiger partial charge on any atom is -0.208 e. The molecule has 0 N–H and O–H groups in total. The molecule has 0 radical (unpaired) electrons. The predicted octanol–water partition coefficient (Wildman–Crippen LogP) is 9.56. The lowest BCUT2D eigenvalue weighted by molar-refractivity contribution is 1.08. The molecule has 0 aliphatic heterocycles. The Morgan fingerprint density at radius 2 is 1.11 bits per heavy atom. The molecule has 3 nitrogen and oxygen atoms in total. The van der Waals surface area contributed by atoms with Gasteiger partial charge >= 0.3 is 0 Å². The third-order valence-electron chi connectivity index (χ3n) is 6.60. The van der Waals surface area contributed by atoms with Crippen LogP contribution in [0.1, 0.15) is 0 Å². The third kappa shape index (κ3) is 4.04. The number of hydrogen-bond acceptors (Lipinski definition) is 4. The summed E-state index contributed by atoms with van der Waals surface area (Å²) in [7, 11) is 0. The Bertz CT molecular complexity index is 1930. The van der Waals surface area contributed by atoms with Crippen molar-refractivity contribution >= 4 is 43.1 Å². The van der Waals surface area contributed by atoms with E-state index in [0.29, 0.717) is 22.5 Å². The van der Waals surface area contributed by atoms with Crippen molar-refractivity contribution in [2.24, 2.45) is 0 Å². The quantitative estimate of drug-likeness (QED) is 0.229. The van der Waals surface area contributed by atoms with Gasteiger partial charge in [-0.25, -0.2) is 15.0 Å². The second-order valence-corrected chi connectivity index (χ2v) is 10.5. The van der Waals surface area contributed by atoms with Crippen molar-refractivity contribution in [3.05, 3.63) is 126 Å². The second-order valence-electron chi connectivity index (χ2n) is 9.01. The van der Waals surface area contributed by atoms with Gasteiger partial charge in [-0.3, -0.25) is 0 Å². The van der Waals surface area contributed by atoms with E-state index in [2.05, 4.69) is 60.7 Å². The molecule has 0 atom stereocenters. The van der Waals surface area contributed by atoms with Gasteiger partial charge in [-0.05, 0) is 35.4 Å².